The minimum atomic E-state index is -0.278. The number of carbonyl (C=O) groups is 2. The first-order valence-corrected chi connectivity index (χ1v) is 8.09. The normalized spacial score (nSPS) is 10.0. The Bertz CT molecular complexity index is 742. The minimum Gasteiger partial charge on any atom is -0.497 e. The maximum absolute atomic E-state index is 12.4. The highest BCUT2D eigenvalue weighted by Crippen LogP contribution is 2.27. The van der Waals surface area contributed by atoms with E-state index in [0.717, 1.165) is 0 Å². The molecule has 6 heteroatoms. The predicted octanol–water partition coefficient (Wildman–Crippen LogP) is 3.69. The van der Waals surface area contributed by atoms with Gasteiger partial charge in [-0.25, -0.2) is 0 Å². The van der Waals surface area contributed by atoms with Crippen LogP contribution in [0.2, 0.25) is 0 Å². The van der Waals surface area contributed by atoms with Crippen molar-refractivity contribution in [1.82, 2.24) is 0 Å². The van der Waals surface area contributed by atoms with E-state index >= 15 is 0 Å². The smallest absolute Gasteiger partial charge is 0.255 e. The molecule has 0 aromatic heterocycles. The Balaban J connectivity index is 2.20. The molecule has 0 aliphatic carbocycles. The van der Waals surface area contributed by atoms with Gasteiger partial charge in [0.15, 0.2) is 0 Å². The van der Waals surface area contributed by atoms with E-state index < -0.39 is 0 Å². The van der Waals surface area contributed by atoms with Gasteiger partial charge in [0.1, 0.15) is 11.5 Å². The fourth-order valence-corrected chi connectivity index (χ4v) is 2.17. The number of methoxy groups -OCH3 is 1. The minimum absolute atomic E-state index is 0.145. The van der Waals surface area contributed by atoms with Crippen molar-refractivity contribution in [3.8, 4) is 11.5 Å². The molecular weight excluding hydrogens is 320 g/mol. The number of hydrogen-bond donors (Lipinski definition) is 2. The summed E-state index contributed by atoms with van der Waals surface area (Å²) >= 11 is 0. The second kappa shape index (κ2) is 8.73. The molecule has 2 N–H and O–H groups in total. The van der Waals surface area contributed by atoms with Crippen molar-refractivity contribution in [2.24, 2.45) is 0 Å². The van der Waals surface area contributed by atoms with Crippen LogP contribution >= 0.6 is 0 Å². The van der Waals surface area contributed by atoms with Gasteiger partial charge in [0.05, 0.1) is 19.4 Å². The largest absolute Gasteiger partial charge is 0.497 e. The summed E-state index contributed by atoms with van der Waals surface area (Å²) in [5.74, 6) is 0.822. The van der Waals surface area contributed by atoms with Gasteiger partial charge in [0.2, 0.25) is 5.91 Å². The standard InChI is InChI=1S/C19H22N2O4/c1-4-18(22)21-16-12-13(6-11-17(16)25-5-2)19(23)20-14-7-9-15(24-3)10-8-14/h6-12H,4-5H2,1-3H3,(H,20,23)(H,21,22). The van der Waals surface area contributed by atoms with Crippen LogP contribution in [0.4, 0.5) is 11.4 Å². The highest BCUT2D eigenvalue weighted by Gasteiger charge is 2.12. The molecule has 2 aromatic carbocycles. The van der Waals surface area contributed by atoms with Crippen molar-refractivity contribution in [2.45, 2.75) is 20.3 Å². The Morgan fingerprint density at radius 2 is 1.72 bits per heavy atom. The van der Waals surface area contributed by atoms with Crippen LogP contribution in [0.15, 0.2) is 42.5 Å². The van der Waals surface area contributed by atoms with E-state index in [9.17, 15) is 9.59 Å². The van der Waals surface area contributed by atoms with Gasteiger partial charge in [-0.1, -0.05) is 6.92 Å². The first kappa shape index (κ1) is 18.3. The molecule has 0 atom stereocenters. The molecule has 0 radical (unpaired) electrons. The maximum atomic E-state index is 12.4. The molecule has 0 unspecified atom stereocenters. The van der Waals surface area contributed by atoms with Crippen LogP contribution in [0.25, 0.3) is 0 Å². The Kier molecular flexibility index (Phi) is 6.39. The van der Waals surface area contributed by atoms with Crippen molar-refractivity contribution in [2.75, 3.05) is 24.4 Å². The van der Waals surface area contributed by atoms with Gasteiger partial charge in [0, 0.05) is 17.7 Å². The first-order valence-electron chi connectivity index (χ1n) is 8.09. The topological polar surface area (TPSA) is 76.7 Å². The Labute approximate surface area is 147 Å². The molecule has 2 amide bonds. The van der Waals surface area contributed by atoms with Crippen LogP contribution in [-0.4, -0.2) is 25.5 Å². The monoisotopic (exact) mass is 342 g/mol. The van der Waals surface area contributed by atoms with E-state index in [1.807, 2.05) is 6.92 Å². The SMILES string of the molecule is CCOc1ccc(C(=O)Nc2ccc(OC)cc2)cc1NC(=O)CC. The lowest BCUT2D eigenvalue weighted by molar-refractivity contribution is -0.115. The third-order valence-corrected chi connectivity index (χ3v) is 3.48. The van der Waals surface area contributed by atoms with E-state index in [4.69, 9.17) is 9.47 Å². The molecule has 0 saturated carbocycles. The van der Waals surface area contributed by atoms with Crippen molar-refractivity contribution < 1.29 is 19.1 Å². The fraction of sp³-hybridized carbons (Fsp3) is 0.263. The van der Waals surface area contributed by atoms with Crippen molar-refractivity contribution in [1.29, 1.82) is 0 Å². The molecule has 2 aromatic rings. The van der Waals surface area contributed by atoms with Crippen LogP contribution in [0.1, 0.15) is 30.6 Å². The van der Waals surface area contributed by atoms with Gasteiger partial charge in [-0.15, -0.1) is 0 Å². The molecule has 25 heavy (non-hydrogen) atoms. The fourth-order valence-electron chi connectivity index (χ4n) is 2.17. The quantitative estimate of drug-likeness (QED) is 0.804. The van der Waals surface area contributed by atoms with Gasteiger partial charge in [-0.05, 0) is 49.4 Å². The summed E-state index contributed by atoms with van der Waals surface area (Å²) in [7, 11) is 1.58. The summed E-state index contributed by atoms with van der Waals surface area (Å²) in [5, 5.41) is 5.57. The lowest BCUT2D eigenvalue weighted by Gasteiger charge is -2.13. The van der Waals surface area contributed by atoms with Crippen LogP contribution < -0.4 is 20.1 Å². The van der Waals surface area contributed by atoms with Gasteiger partial charge >= 0.3 is 0 Å². The molecule has 132 valence electrons. The third-order valence-electron chi connectivity index (χ3n) is 3.48. The van der Waals surface area contributed by atoms with Gasteiger partial charge in [-0.2, -0.15) is 0 Å². The summed E-state index contributed by atoms with van der Waals surface area (Å²) in [6, 6.07) is 12.0. The van der Waals surface area contributed by atoms with Crippen LogP contribution in [-0.2, 0) is 4.79 Å². The van der Waals surface area contributed by atoms with E-state index in [1.54, 1.807) is 56.5 Å². The average molecular weight is 342 g/mol. The molecule has 6 nitrogen and oxygen atoms in total. The second-order valence-electron chi connectivity index (χ2n) is 5.23. The Morgan fingerprint density at radius 1 is 1.00 bits per heavy atom. The summed E-state index contributed by atoms with van der Waals surface area (Å²) in [4.78, 5) is 24.1. The number of carbonyl (C=O) groups excluding carboxylic acids is 2. The van der Waals surface area contributed by atoms with E-state index in [1.165, 1.54) is 0 Å². The van der Waals surface area contributed by atoms with Crippen LogP contribution in [0, 0.1) is 0 Å². The summed E-state index contributed by atoms with van der Waals surface area (Å²) < 4.78 is 10.6. The maximum Gasteiger partial charge on any atom is 0.255 e. The molecule has 0 saturated heterocycles. The van der Waals surface area contributed by atoms with Crippen molar-refractivity contribution >= 4 is 23.2 Å². The number of rotatable bonds is 7. The van der Waals surface area contributed by atoms with Gasteiger partial charge < -0.3 is 20.1 Å². The number of ether oxygens (including phenoxy) is 2. The number of nitrogens with one attached hydrogen (secondary N) is 2. The molecule has 2 rings (SSSR count). The highest BCUT2D eigenvalue weighted by molar-refractivity contribution is 6.05. The van der Waals surface area contributed by atoms with Crippen LogP contribution in [0.3, 0.4) is 0 Å². The molecule has 0 aliphatic heterocycles. The zero-order valence-electron chi connectivity index (χ0n) is 14.6. The van der Waals surface area contributed by atoms with Crippen LogP contribution in [0.5, 0.6) is 11.5 Å². The molecule has 0 fully saturated rings. The lowest BCUT2D eigenvalue weighted by atomic mass is 10.1. The number of hydrogen-bond acceptors (Lipinski definition) is 4. The molecular formula is C19H22N2O4. The molecule has 0 spiro atoms. The number of benzene rings is 2. The molecule has 0 bridgehead atoms. The Morgan fingerprint density at radius 3 is 2.32 bits per heavy atom. The molecule has 0 heterocycles. The van der Waals surface area contributed by atoms with Gasteiger partial charge in [0.25, 0.3) is 5.91 Å². The van der Waals surface area contributed by atoms with Crippen molar-refractivity contribution in [3.05, 3.63) is 48.0 Å². The third kappa shape index (κ3) is 4.97. The molecule has 0 aliphatic rings. The lowest BCUT2D eigenvalue weighted by Crippen LogP contribution is -2.15. The summed E-state index contributed by atoms with van der Waals surface area (Å²) in [5.41, 5.74) is 1.56. The van der Waals surface area contributed by atoms with Crippen molar-refractivity contribution in [3.63, 3.8) is 0 Å². The van der Waals surface area contributed by atoms with E-state index in [0.29, 0.717) is 41.5 Å². The average Bonchev–Trinajstić information content (AvgIpc) is 2.63. The number of anilines is 2. The van der Waals surface area contributed by atoms with Gasteiger partial charge in [-0.3, -0.25) is 9.59 Å². The zero-order chi connectivity index (χ0) is 18.2. The number of amides is 2. The predicted molar refractivity (Wildman–Crippen MR) is 97.5 cm³/mol. The summed E-state index contributed by atoms with van der Waals surface area (Å²) in [6.07, 6.45) is 0.341. The zero-order valence-corrected chi connectivity index (χ0v) is 14.6. The van der Waals surface area contributed by atoms with E-state index in [-0.39, 0.29) is 11.8 Å². The Hall–Kier alpha value is -3.02. The summed E-state index contributed by atoms with van der Waals surface area (Å²) in [6.45, 7) is 4.08. The second-order valence-corrected chi connectivity index (χ2v) is 5.23. The first-order chi connectivity index (χ1) is 12.1. The highest BCUT2D eigenvalue weighted by atomic mass is 16.5. The van der Waals surface area contributed by atoms with E-state index in [2.05, 4.69) is 10.6 Å².